The van der Waals surface area contributed by atoms with Gasteiger partial charge < -0.3 is 19.8 Å². The Balaban J connectivity index is 1.31. The van der Waals surface area contributed by atoms with Gasteiger partial charge in [-0.15, -0.1) is 0 Å². The van der Waals surface area contributed by atoms with Crippen LogP contribution in [0.15, 0.2) is 48.5 Å². The van der Waals surface area contributed by atoms with Crippen molar-refractivity contribution in [1.82, 2.24) is 4.90 Å². The van der Waals surface area contributed by atoms with Gasteiger partial charge in [-0.2, -0.15) is 0 Å². The van der Waals surface area contributed by atoms with Crippen LogP contribution in [-0.4, -0.2) is 54.7 Å². The van der Waals surface area contributed by atoms with Crippen molar-refractivity contribution in [3.05, 3.63) is 59.7 Å². The lowest BCUT2D eigenvalue weighted by Crippen LogP contribution is -3.13. The average Bonchev–Trinajstić information content (AvgIpc) is 3.60. The third kappa shape index (κ3) is 5.14. The first-order valence-corrected chi connectivity index (χ1v) is 11.2. The van der Waals surface area contributed by atoms with Gasteiger partial charge in [0.1, 0.15) is 12.3 Å². The number of quaternary nitrogens is 1. The summed E-state index contributed by atoms with van der Waals surface area (Å²) < 4.78 is 0. The molecule has 2 aliphatic rings. The molecule has 2 N–H and O–H groups in total. The third-order valence-electron chi connectivity index (χ3n) is 6.46. The van der Waals surface area contributed by atoms with Crippen LogP contribution in [0.3, 0.4) is 0 Å². The Morgan fingerprint density at radius 3 is 2.20 bits per heavy atom. The largest absolute Gasteiger partial charge is 0.508 e. The fraction of sp³-hybridized carbons (Fsp3) is 0.480. The molecule has 2 fully saturated rings. The van der Waals surface area contributed by atoms with Gasteiger partial charge in [-0.1, -0.05) is 38.1 Å². The van der Waals surface area contributed by atoms with Crippen LogP contribution in [-0.2, 0) is 11.3 Å². The number of carbonyl (C=O) groups is 1. The molecule has 30 heavy (non-hydrogen) atoms. The smallest absolute Gasteiger partial charge is 0.277 e. The number of nitrogens with zero attached hydrogens (tertiary/aromatic N) is 2. The van der Waals surface area contributed by atoms with Crippen LogP contribution < -0.4 is 9.80 Å². The number of benzene rings is 2. The molecule has 5 heteroatoms. The average molecular weight is 409 g/mol. The van der Waals surface area contributed by atoms with Crippen molar-refractivity contribution in [1.29, 1.82) is 0 Å². The summed E-state index contributed by atoms with van der Waals surface area (Å²) in [5.41, 5.74) is 3.80. The Morgan fingerprint density at radius 1 is 1.00 bits per heavy atom. The van der Waals surface area contributed by atoms with E-state index in [0.717, 1.165) is 38.4 Å². The minimum Gasteiger partial charge on any atom is -0.508 e. The lowest BCUT2D eigenvalue weighted by Gasteiger charge is -2.36. The molecular weight excluding hydrogens is 374 g/mol. The minimum absolute atomic E-state index is 0.279. The fourth-order valence-electron chi connectivity index (χ4n) is 4.31. The molecule has 1 aliphatic carbocycles. The van der Waals surface area contributed by atoms with Gasteiger partial charge in [-0.3, -0.25) is 4.79 Å². The summed E-state index contributed by atoms with van der Waals surface area (Å²) in [4.78, 5) is 18.7. The molecule has 1 saturated heterocycles. The molecule has 1 unspecified atom stereocenters. The molecule has 160 valence electrons. The van der Waals surface area contributed by atoms with Gasteiger partial charge in [-0.05, 0) is 35.7 Å². The topological polar surface area (TPSA) is 48.2 Å². The SMILES string of the molecule is CC(C)c1ccc(C[NH+](CC(=O)N2CCN(c3ccc(O)cc3)CC2)C2CC2)cc1. The van der Waals surface area contributed by atoms with Crippen molar-refractivity contribution < 1.29 is 14.8 Å². The van der Waals surface area contributed by atoms with Crippen LogP contribution in [0.25, 0.3) is 0 Å². The summed E-state index contributed by atoms with van der Waals surface area (Å²) in [7, 11) is 0. The summed E-state index contributed by atoms with van der Waals surface area (Å²) in [6.45, 7) is 9.17. The predicted octanol–water partition coefficient (Wildman–Crippen LogP) is 2.41. The van der Waals surface area contributed by atoms with Crippen LogP contribution in [0.2, 0.25) is 0 Å². The second-order valence-electron chi connectivity index (χ2n) is 9.07. The van der Waals surface area contributed by atoms with E-state index in [1.165, 1.54) is 28.9 Å². The van der Waals surface area contributed by atoms with Gasteiger partial charge in [-0.25, -0.2) is 0 Å². The van der Waals surface area contributed by atoms with E-state index in [0.29, 0.717) is 18.5 Å². The number of piperazine rings is 1. The number of phenols is 1. The van der Waals surface area contributed by atoms with Crippen molar-refractivity contribution in [3.8, 4) is 5.75 Å². The van der Waals surface area contributed by atoms with Gasteiger partial charge >= 0.3 is 0 Å². The van der Waals surface area contributed by atoms with Crippen LogP contribution in [0.5, 0.6) is 5.75 Å². The highest BCUT2D eigenvalue weighted by Gasteiger charge is 2.36. The summed E-state index contributed by atoms with van der Waals surface area (Å²) in [5.74, 6) is 1.11. The maximum atomic E-state index is 13.0. The van der Waals surface area contributed by atoms with E-state index >= 15 is 0 Å². The molecule has 5 nitrogen and oxygen atoms in total. The van der Waals surface area contributed by atoms with Crippen molar-refractivity contribution >= 4 is 11.6 Å². The molecule has 4 rings (SSSR count). The zero-order valence-electron chi connectivity index (χ0n) is 18.2. The number of aromatic hydroxyl groups is 1. The Morgan fingerprint density at radius 2 is 1.63 bits per heavy atom. The Bertz CT molecular complexity index is 836. The quantitative estimate of drug-likeness (QED) is 0.740. The van der Waals surface area contributed by atoms with Crippen LogP contribution in [0.4, 0.5) is 5.69 Å². The van der Waals surface area contributed by atoms with Gasteiger partial charge in [0.05, 0.1) is 6.04 Å². The van der Waals surface area contributed by atoms with Gasteiger partial charge in [0.2, 0.25) is 0 Å². The van der Waals surface area contributed by atoms with Gasteiger partial charge in [0.15, 0.2) is 6.54 Å². The Kier molecular flexibility index (Phi) is 6.28. The first kappa shape index (κ1) is 20.7. The van der Waals surface area contributed by atoms with E-state index in [1.807, 2.05) is 17.0 Å². The number of carbonyl (C=O) groups excluding carboxylic acids is 1. The monoisotopic (exact) mass is 408 g/mol. The molecule has 1 saturated carbocycles. The fourth-order valence-corrected chi connectivity index (χ4v) is 4.31. The first-order valence-electron chi connectivity index (χ1n) is 11.2. The van der Waals surface area contributed by atoms with Crippen LogP contribution in [0, 0.1) is 0 Å². The highest BCUT2D eigenvalue weighted by Crippen LogP contribution is 2.20. The van der Waals surface area contributed by atoms with E-state index < -0.39 is 0 Å². The molecule has 1 aliphatic heterocycles. The third-order valence-corrected chi connectivity index (χ3v) is 6.46. The number of phenolic OH excluding ortho intramolecular Hbond substituents is 1. The second kappa shape index (κ2) is 9.09. The molecule has 0 bridgehead atoms. The van der Waals surface area contributed by atoms with Gasteiger partial charge in [0.25, 0.3) is 5.91 Å². The Hall–Kier alpha value is -2.53. The highest BCUT2D eigenvalue weighted by molar-refractivity contribution is 5.77. The van der Waals surface area contributed by atoms with Crippen LogP contribution in [0.1, 0.15) is 43.7 Å². The zero-order valence-corrected chi connectivity index (χ0v) is 18.2. The maximum Gasteiger partial charge on any atom is 0.277 e. The number of anilines is 1. The van der Waals surface area contributed by atoms with E-state index in [2.05, 4.69) is 43.0 Å². The lowest BCUT2D eigenvalue weighted by molar-refractivity contribution is -0.917. The molecule has 2 aromatic carbocycles. The molecule has 2 aromatic rings. The molecule has 1 atom stereocenters. The number of hydrogen-bond acceptors (Lipinski definition) is 3. The van der Waals surface area contributed by atoms with Crippen molar-refractivity contribution in [3.63, 3.8) is 0 Å². The highest BCUT2D eigenvalue weighted by atomic mass is 16.3. The normalized spacial score (nSPS) is 18.0. The maximum absolute atomic E-state index is 13.0. The second-order valence-corrected chi connectivity index (χ2v) is 9.07. The Labute approximate surface area is 179 Å². The molecule has 1 amide bonds. The van der Waals surface area contributed by atoms with E-state index in [-0.39, 0.29) is 11.7 Å². The van der Waals surface area contributed by atoms with Crippen molar-refractivity contribution in [2.75, 3.05) is 37.6 Å². The van der Waals surface area contributed by atoms with Crippen LogP contribution >= 0.6 is 0 Å². The molecule has 1 heterocycles. The summed E-state index contributed by atoms with van der Waals surface area (Å²) in [6, 6.07) is 16.9. The molecular formula is C25H34N3O2+. The molecule has 0 aromatic heterocycles. The van der Waals surface area contributed by atoms with Crippen molar-refractivity contribution in [2.45, 2.75) is 45.2 Å². The number of hydrogen-bond donors (Lipinski definition) is 2. The standard InChI is InChI=1S/C25H33N3O2/c1-19(2)21-5-3-20(4-6-21)17-28(23-7-8-23)18-25(30)27-15-13-26(14-16-27)22-9-11-24(29)12-10-22/h3-6,9-12,19,23,29H,7-8,13-18H2,1-2H3/p+1. The van der Waals surface area contributed by atoms with Crippen molar-refractivity contribution in [2.24, 2.45) is 0 Å². The summed E-state index contributed by atoms with van der Waals surface area (Å²) in [6.07, 6.45) is 2.47. The zero-order chi connectivity index (χ0) is 21.1. The number of nitrogens with one attached hydrogen (secondary N) is 1. The molecule has 0 spiro atoms. The molecule has 0 radical (unpaired) electrons. The first-order chi connectivity index (χ1) is 14.5. The summed E-state index contributed by atoms with van der Waals surface area (Å²) >= 11 is 0. The lowest BCUT2D eigenvalue weighted by atomic mass is 10.0. The predicted molar refractivity (Wildman–Crippen MR) is 120 cm³/mol. The van der Waals surface area contributed by atoms with E-state index in [4.69, 9.17) is 0 Å². The van der Waals surface area contributed by atoms with E-state index in [9.17, 15) is 9.90 Å². The van der Waals surface area contributed by atoms with E-state index in [1.54, 1.807) is 12.1 Å². The minimum atomic E-state index is 0.279. The number of rotatable bonds is 7. The van der Waals surface area contributed by atoms with Gasteiger partial charge in [0, 0.05) is 50.3 Å². The number of amides is 1. The summed E-state index contributed by atoms with van der Waals surface area (Å²) in [5, 5.41) is 9.47.